The number of amides is 1. The van der Waals surface area contributed by atoms with Gasteiger partial charge in [0, 0.05) is 5.56 Å². The van der Waals surface area contributed by atoms with E-state index in [0.717, 1.165) is 29.8 Å². The van der Waals surface area contributed by atoms with E-state index in [-0.39, 0.29) is 24.9 Å². The molecule has 1 heterocycles. The molecule has 2 aromatic rings. The standard InChI is InChI=1S/C18H15F3N2O4/c1-25-17(22-9-11-2-7-14-15(8-11)27-10-26-14)23-16(24)12-3-5-13(6-4-12)18(19,20)21/h2-8H,9-10H2,1H3,(H,22,23,24). The third-order valence-electron chi connectivity index (χ3n) is 3.73. The van der Waals surface area contributed by atoms with Gasteiger partial charge in [-0.2, -0.15) is 13.2 Å². The Morgan fingerprint density at radius 2 is 1.85 bits per heavy atom. The minimum absolute atomic E-state index is 0.0517. The summed E-state index contributed by atoms with van der Waals surface area (Å²) < 4.78 is 53.2. The predicted molar refractivity (Wildman–Crippen MR) is 89.6 cm³/mol. The topological polar surface area (TPSA) is 69.2 Å². The Bertz CT molecular complexity index is 864. The van der Waals surface area contributed by atoms with Gasteiger partial charge in [0.25, 0.3) is 11.9 Å². The number of nitrogens with one attached hydrogen (secondary N) is 1. The van der Waals surface area contributed by atoms with Gasteiger partial charge in [-0.25, -0.2) is 4.99 Å². The van der Waals surface area contributed by atoms with Crippen molar-refractivity contribution in [2.75, 3.05) is 13.9 Å². The zero-order chi connectivity index (χ0) is 19.4. The molecule has 6 nitrogen and oxygen atoms in total. The minimum Gasteiger partial charge on any atom is -0.468 e. The van der Waals surface area contributed by atoms with Gasteiger partial charge < -0.3 is 14.2 Å². The van der Waals surface area contributed by atoms with E-state index in [1.165, 1.54) is 7.11 Å². The van der Waals surface area contributed by atoms with Gasteiger partial charge in [-0.1, -0.05) is 6.07 Å². The number of benzene rings is 2. The van der Waals surface area contributed by atoms with Crippen molar-refractivity contribution in [3.8, 4) is 11.5 Å². The molecule has 27 heavy (non-hydrogen) atoms. The molecule has 0 spiro atoms. The van der Waals surface area contributed by atoms with Gasteiger partial charge >= 0.3 is 6.18 Å². The number of carbonyl (C=O) groups excluding carboxylic acids is 1. The number of methoxy groups -OCH3 is 1. The van der Waals surface area contributed by atoms with Crippen molar-refractivity contribution in [2.45, 2.75) is 12.7 Å². The van der Waals surface area contributed by atoms with E-state index in [1.54, 1.807) is 18.2 Å². The molecule has 3 rings (SSSR count). The smallest absolute Gasteiger partial charge is 0.416 e. The highest BCUT2D eigenvalue weighted by atomic mass is 19.4. The van der Waals surface area contributed by atoms with Crippen LogP contribution in [-0.4, -0.2) is 25.8 Å². The number of aliphatic imine (C=N–C) groups is 1. The molecule has 0 aliphatic carbocycles. The third kappa shape index (κ3) is 4.49. The molecule has 0 saturated heterocycles. The van der Waals surface area contributed by atoms with Crippen molar-refractivity contribution >= 4 is 11.9 Å². The summed E-state index contributed by atoms with van der Waals surface area (Å²) in [6, 6.07) is 9.10. The average Bonchev–Trinajstić information content (AvgIpc) is 3.12. The summed E-state index contributed by atoms with van der Waals surface area (Å²) in [5.74, 6) is 0.621. The molecule has 0 unspecified atom stereocenters. The van der Waals surface area contributed by atoms with Crippen molar-refractivity contribution in [3.05, 3.63) is 59.2 Å². The Balaban J connectivity index is 1.65. The lowest BCUT2D eigenvalue weighted by Gasteiger charge is -2.09. The number of ether oxygens (including phenoxy) is 3. The van der Waals surface area contributed by atoms with Gasteiger partial charge in [-0.05, 0) is 42.0 Å². The largest absolute Gasteiger partial charge is 0.468 e. The van der Waals surface area contributed by atoms with Crippen molar-refractivity contribution in [1.82, 2.24) is 5.32 Å². The highest BCUT2D eigenvalue weighted by Crippen LogP contribution is 2.32. The predicted octanol–water partition coefficient (Wildman–Crippen LogP) is 3.37. The molecular weight excluding hydrogens is 365 g/mol. The van der Waals surface area contributed by atoms with Gasteiger partial charge in [0.1, 0.15) is 0 Å². The lowest BCUT2D eigenvalue weighted by molar-refractivity contribution is -0.137. The van der Waals surface area contributed by atoms with Crippen LogP contribution >= 0.6 is 0 Å². The molecule has 1 aliphatic rings. The molecule has 1 N–H and O–H groups in total. The quantitative estimate of drug-likeness (QED) is 0.655. The molecule has 0 bridgehead atoms. The summed E-state index contributed by atoms with van der Waals surface area (Å²) in [7, 11) is 1.32. The Hall–Kier alpha value is -3.23. The number of rotatable bonds is 3. The molecule has 0 atom stereocenters. The van der Waals surface area contributed by atoms with Crippen LogP contribution in [0.2, 0.25) is 0 Å². The number of halogens is 3. The van der Waals surface area contributed by atoms with E-state index in [9.17, 15) is 18.0 Å². The number of hydrogen-bond acceptors (Lipinski definition) is 5. The number of alkyl halides is 3. The lowest BCUT2D eigenvalue weighted by atomic mass is 10.1. The minimum atomic E-state index is -4.46. The van der Waals surface area contributed by atoms with Gasteiger partial charge in [-0.15, -0.1) is 0 Å². The monoisotopic (exact) mass is 380 g/mol. The molecular formula is C18H15F3N2O4. The molecule has 2 aromatic carbocycles. The number of carbonyl (C=O) groups is 1. The molecule has 142 valence electrons. The Morgan fingerprint density at radius 3 is 2.52 bits per heavy atom. The van der Waals surface area contributed by atoms with E-state index in [0.29, 0.717) is 11.5 Å². The molecule has 0 radical (unpaired) electrons. The van der Waals surface area contributed by atoms with Crippen LogP contribution in [0, 0.1) is 0 Å². The van der Waals surface area contributed by atoms with E-state index in [1.807, 2.05) is 0 Å². The number of amidine groups is 1. The SMILES string of the molecule is COC(=NCc1ccc2c(c1)OCO2)NC(=O)c1ccc(C(F)(F)F)cc1. The Morgan fingerprint density at radius 1 is 1.15 bits per heavy atom. The van der Waals surface area contributed by atoms with Gasteiger partial charge in [0.2, 0.25) is 6.79 Å². The van der Waals surface area contributed by atoms with Crippen LogP contribution in [0.3, 0.4) is 0 Å². The number of fused-ring (bicyclic) bond motifs is 1. The van der Waals surface area contributed by atoms with E-state index < -0.39 is 17.6 Å². The maximum absolute atomic E-state index is 12.6. The van der Waals surface area contributed by atoms with Gasteiger partial charge in [0.05, 0.1) is 19.2 Å². The normalized spacial score (nSPS) is 13.4. The fourth-order valence-electron chi connectivity index (χ4n) is 2.34. The fraction of sp³-hybridized carbons (Fsp3) is 0.222. The molecule has 0 aromatic heterocycles. The number of hydrogen-bond donors (Lipinski definition) is 1. The van der Waals surface area contributed by atoms with Crippen LogP contribution in [0.25, 0.3) is 0 Å². The second-order valence-electron chi connectivity index (χ2n) is 5.54. The Labute approximate surface area is 152 Å². The van der Waals surface area contributed by atoms with Crippen LogP contribution in [-0.2, 0) is 17.5 Å². The summed E-state index contributed by atoms with van der Waals surface area (Å²) in [6.07, 6.45) is -4.46. The molecule has 0 fully saturated rings. The molecule has 0 saturated carbocycles. The van der Waals surface area contributed by atoms with Crippen LogP contribution in [0.1, 0.15) is 21.5 Å². The summed E-state index contributed by atoms with van der Waals surface area (Å²) in [5.41, 5.74) is 0.0240. The first-order chi connectivity index (χ1) is 12.9. The second-order valence-corrected chi connectivity index (χ2v) is 5.54. The van der Waals surface area contributed by atoms with E-state index in [2.05, 4.69) is 10.3 Å². The van der Waals surface area contributed by atoms with E-state index >= 15 is 0 Å². The zero-order valence-corrected chi connectivity index (χ0v) is 14.2. The van der Waals surface area contributed by atoms with Crippen LogP contribution in [0.15, 0.2) is 47.5 Å². The number of nitrogens with zero attached hydrogens (tertiary/aromatic N) is 1. The van der Waals surface area contributed by atoms with Crippen molar-refractivity contribution < 1.29 is 32.2 Å². The van der Waals surface area contributed by atoms with Crippen LogP contribution in [0.4, 0.5) is 13.2 Å². The first-order valence-corrected chi connectivity index (χ1v) is 7.82. The fourth-order valence-corrected chi connectivity index (χ4v) is 2.34. The first-order valence-electron chi connectivity index (χ1n) is 7.82. The average molecular weight is 380 g/mol. The molecule has 9 heteroatoms. The van der Waals surface area contributed by atoms with Crippen molar-refractivity contribution in [2.24, 2.45) is 4.99 Å². The second kappa shape index (κ2) is 7.56. The summed E-state index contributed by atoms with van der Waals surface area (Å²) in [6.45, 7) is 0.363. The Kier molecular flexibility index (Phi) is 5.20. The highest BCUT2D eigenvalue weighted by Gasteiger charge is 2.30. The van der Waals surface area contributed by atoms with E-state index in [4.69, 9.17) is 14.2 Å². The summed E-state index contributed by atoms with van der Waals surface area (Å²) >= 11 is 0. The van der Waals surface area contributed by atoms with Gasteiger partial charge in [0.15, 0.2) is 11.5 Å². The summed E-state index contributed by atoms with van der Waals surface area (Å²) in [4.78, 5) is 16.3. The third-order valence-corrected chi connectivity index (χ3v) is 3.73. The lowest BCUT2D eigenvalue weighted by Crippen LogP contribution is -2.32. The first kappa shape index (κ1) is 18.6. The van der Waals surface area contributed by atoms with Crippen LogP contribution < -0.4 is 14.8 Å². The zero-order valence-electron chi connectivity index (χ0n) is 14.2. The summed E-state index contributed by atoms with van der Waals surface area (Å²) in [5, 5.41) is 2.42. The van der Waals surface area contributed by atoms with Crippen molar-refractivity contribution in [1.29, 1.82) is 0 Å². The van der Waals surface area contributed by atoms with Gasteiger partial charge in [-0.3, -0.25) is 10.1 Å². The van der Waals surface area contributed by atoms with Crippen LogP contribution in [0.5, 0.6) is 11.5 Å². The maximum atomic E-state index is 12.6. The molecule has 1 aliphatic heterocycles. The molecule has 1 amide bonds. The maximum Gasteiger partial charge on any atom is 0.416 e. The van der Waals surface area contributed by atoms with Crippen molar-refractivity contribution in [3.63, 3.8) is 0 Å². The highest BCUT2D eigenvalue weighted by molar-refractivity contribution is 6.04.